The number of carboxylic acid groups (broad SMARTS) is 2. The maximum atomic E-state index is 12.6. The third-order valence-corrected chi connectivity index (χ3v) is 4.83. The fourth-order valence-corrected chi connectivity index (χ4v) is 3.45. The van der Waals surface area contributed by atoms with Gasteiger partial charge in [0.15, 0.2) is 5.60 Å². The van der Waals surface area contributed by atoms with E-state index in [-0.39, 0.29) is 6.61 Å². The molecule has 29 heavy (non-hydrogen) atoms. The number of ether oxygens (including phenoxy) is 2. The van der Waals surface area contributed by atoms with Crippen LogP contribution in [-0.2, 0) is 29.6 Å². The van der Waals surface area contributed by atoms with Crippen LogP contribution in [0.1, 0.15) is 39.2 Å². The lowest BCUT2D eigenvalue weighted by molar-refractivity contribution is -0.279. The second kappa shape index (κ2) is 8.27. The zero-order chi connectivity index (χ0) is 22.0. The largest absolute Gasteiger partial charge is 0.481 e. The molecule has 1 saturated heterocycles. The summed E-state index contributed by atoms with van der Waals surface area (Å²) in [6.45, 7) is 5.65. The van der Waals surface area contributed by atoms with Crippen molar-refractivity contribution in [3.05, 3.63) is 34.9 Å². The lowest BCUT2D eigenvalue weighted by Crippen LogP contribution is -2.64. The SMILES string of the molecule is C[C@@H]1NC(C)(C)CO[C@@]1(OC(=O)CC(O)(CC(=O)O)C(=O)O)c1cccc(Cl)c1. The summed E-state index contributed by atoms with van der Waals surface area (Å²) in [6.07, 6.45) is -2.24. The van der Waals surface area contributed by atoms with Gasteiger partial charge in [-0.1, -0.05) is 23.7 Å². The molecule has 2 rings (SSSR count). The molecule has 0 spiro atoms. The van der Waals surface area contributed by atoms with Gasteiger partial charge in [0, 0.05) is 16.1 Å². The Bertz CT molecular complexity index is 813. The van der Waals surface area contributed by atoms with Crippen molar-refractivity contribution in [3.8, 4) is 0 Å². The van der Waals surface area contributed by atoms with Crippen LogP contribution in [-0.4, -0.2) is 57.0 Å². The summed E-state index contributed by atoms with van der Waals surface area (Å²) in [5.74, 6) is -6.20. The number of carbonyl (C=O) groups is 3. The third kappa shape index (κ3) is 5.24. The highest BCUT2D eigenvalue weighted by molar-refractivity contribution is 6.30. The fourth-order valence-electron chi connectivity index (χ4n) is 3.26. The fraction of sp³-hybridized carbons (Fsp3) is 0.526. The number of hydrogen-bond acceptors (Lipinski definition) is 7. The Labute approximate surface area is 172 Å². The molecule has 1 unspecified atom stereocenters. The molecule has 3 atom stereocenters. The van der Waals surface area contributed by atoms with E-state index >= 15 is 0 Å². The number of rotatable bonds is 7. The van der Waals surface area contributed by atoms with Crippen LogP contribution < -0.4 is 5.32 Å². The molecule has 9 nitrogen and oxygen atoms in total. The molecule has 4 N–H and O–H groups in total. The second-order valence-corrected chi connectivity index (χ2v) is 8.21. The number of esters is 1. The van der Waals surface area contributed by atoms with E-state index in [9.17, 15) is 24.6 Å². The minimum Gasteiger partial charge on any atom is -0.481 e. The summed E-state index contributed by atoms with van der Waals surface area (Å²) >= 11 is 6.07. The lowest BCUT2D eigenvalue weighted by Gasteiger charge is -2.48. The molecule has 1 aliphatic heterocycles. The van der Waals surface area contributed by atoms with Crippen molar-refractivity contribution in [2.75, 3.05) is 6.61 Å². The van der Waals surface area contributed by atoms with E-state index in [1.807, 2.05) is 13.8 Å². The first-order chi connectivity index (χ1) is 13.3. The summed E-state index contributed by atoms with van der Waals surface area (Å²) in [5, 5.41) is 31.8. The predicted molar refractivity (Wildman–Crippen MR) is 101 cm³/mol. The highest BCUT2D eigenvalue weighted by atomic mass is 35.5. The average Bonchev–Trinajstić information content (AvgIpc) is 2.56. The number of hydrogen-bond donors (Lipinski definition) is 4. The molecular formula is C19H24ClNO8. The van der Waals surface area contributed by atoms with Crippen molar-refractivity contribution in [1.82, 2.24) is 5.32 Å². The van der Waals surface area contributed by atoms with Crippen molar-refractivity contribution in [3.63, 3.8) is 0 Å². The maximum absolute atomic E-state index is 12.6. The van der Waals surface area contributed by atoms with E-state index in [4.69, 9.17) is 26.2 Å². The van der Waals surface area contributed by atoms with Crippen LogP contribution in [0, 0.1) is 0 Å². The Hall–Kier alpha value is -2.20. The van der Waals surface area contributed by atoms with Crippen LogP contribution in [0.3, 0.4) is 0 Å². The molecule has 1 aromatic carbocycles. The first kappa shape index (κ1) is 23.1. The maximum Gasteiger partial charge on any atom is 0.336 e. The smallest absolute Gasteiger partial charge is 0.336 e. The molecule has 1 aliphatic rings. The van der Waals surface area contributed by atoms with Crippen molar-refractivity contribution in [2.45, 2.75) is 56.6 Å². The van der Waals surface area contributed by atoms with Gasteiger partial charge in [0.2, 0.25) is 0 Å². The number of halogens is 1. The summed E-state index contributed by atoms with van der Waals surface area (Å²) in [7, 11) is 0. The van der Waals surface area contributed by atoms with E-state index in [1.54, 1.807) is 31.2 Å². The molecule has 0 radical (unpaired) electrons. The van der Waals surface area contributed by atoms with Gasteiger partial charge < -0.3 is 30.1 Å². The normalized spacial score (nSPS) is 25.6. The summed E-state index contributed by atoms with van der Waals surface area (Å²) < 4.78 is 11.5. The number of benzene rings is 1. The van der Waals surface area contributed by atoms with Crippen molar-refractivity contribution >= 4 is 29.5 Å². The first-order valence-electron chi connectivity index (χ1n) is 8.87. The van der Waals surface area contributed by atoms with Crippen LogP contribution in [0.25, 0.3) is 0 Å². The van der Waals surface area contributed by atoms with Gasteiger partial charge in [-0.3, -0.25) is 9.59 Å². The number of morpholine rings is 1. The molecule has 160 valence electrons. The Morgan fingerprint density at radius 1 is 1.31 bits per heavy atom. The van der Waals surface area contributed by atoms with Crippen LogP contribution in [0.2, 0.25) is 5.02 Å². The minimum atomic E-state index is -2.82. The van der Waals surface area contributed by atoms with E-state index in [0.717, 1.165) is 0 Å². The third-order valence-electron chi connectivity index (χ3n) is 4.60. The van der Waals surface area contributed by atoms with Crippen molar-refractivity contribution in [2.24, 2.45) is 0 Å². The Kier molecular flexibility index (Phi) is 6.58. The predicted octanol–water partition coefficient (Wildman–Crippen LogP) is 1.50. The number of nitrogens with one attached hydrogen (secondary N) is 1. The highest BCUT2D eigenvalue weighted by Gasteiger charge is 2.51. The van der Waals surface area contributed by atoms with Crippen LogP contribution in [0.5, 0.6) is 0 Å². The second-order valence-electron chi connectivity index (χ2n) is 7.77. The van der Waals surface area contributed by atoms with Crippen molar-refractivity contribution < 1.29 is 39.2 Å². The minimum absolute atomic E-state index is 0.148. The van der Waals surface area contributed by atoms with E-state index in [1.165, 1.54) is 0 Å². The van der Waals surface area contributed by atoms with Crippen LogP contribution in [0.4, 0.5) is 0 Å². The standard InChI is InChI=1S/C19H24ClNO8/c1-11-19(28-10-17(2,3)21-11,12-5-4-6-13(20)7-12)29-15(24)9-18(27,16(25)26)8-14(22)23/h4-7,11,21,27H,8-10H2,1-3H3,(H,22,23)(H,25,26)/t11-,18?,19-/m0/s1. The average molecular weight is 430 g/mol. The summed E-state index contributed by atoms with van der Waals surface area (Å²) in [5.41, 5.74) is -2.84. The molecular weight excluding hydrogens is 406 g/mol. The van der Waals surface area contributed by atoms with Crippen molar-refractivity contribution in [1.29, 1.82) is 0 Å². The molecule has 0 aromatic heterocycles. The molecule has 0 bridgehead atoms. The summed E-state index contributed by atoms with van der Waals surface area (Å²) in [6, 6.07) is 5.87. The van der Waals surface area contributed by atoms with Gasteiger partial charge >= 0.3 is 17.9 Å². The van der Waals surface area contributed by atoms with Gasteiger partial charge in [0.25, 0.3) is 5.79 Å². The lowest BCUT2D eigenvalue weighted by atomic mass is 9.91. The van der Waals surface area contributed by atoms with Gasteiger partial charge in [-0.05, 0) is 32.9 Å². The quantitative estimate of drug-likeness (QED) is 0.474. The zero-order valence-corrected chi connectivity index (χ0v) is 17.0. The molecule has 1 heterocycles. The van der Waals surface area contributed by atoms with Gasteiger partial charge in [-0.15, -0.1) is 0 Å². The van der Waals surface area contributed by atoms with E-state index in [0.29, 0.717) is 10.6 Å². The highest BCUT2D eigenvalue weighted by Crippen LogP contribution is 2.38. The Morgan fingerprint density at radius 3 is 2.48 bits per heavy atom. The number of carbonyl (C=O) groups excluding carboxylic acids is 1. The molecule has 0 aliphatic carbocycles. The van der Waals surface area contributed by atoms with Crippen LogP contribution >= 0.6 is 11.6 Å². The number of aliphatic carboxylic acids is 2. The topological polar surface area (TPSA) is 142 Å². The number of carboxylic acids is 2. The first-order valence-corrected chi connectivity index (χ1v) is 9.25. The zero-order valence-electron chi connectivity index (χ0n) is 16.3. The Balaban J connectivity index is 2.37. The summed E-state index contributed by atoms with van der Waals surface area (Å²) in [4.78, 5) is 34.9. The monoisotopic (exact) mass is 429 g/mol. The van der Waals surface area contributed by atoms with Gasteiger partial charge in [-0.2, -0.15) is 0 Å². The van der Waals surface area contributed by atoms with Gasteiger partial charge in [0.05, 0.1) is 25.5 Å². The molecule has 0 amide bonds. The number of aliphatic hydroxyl groups is 1. The molecule has 1 fully saturated rings. The van der Waals surface area contributed by atoms with Gasteiger partial charge in [0.1, 0.15) is 0 Å². The van der Waals surface area contributed by atoms with Gasteiger partial charge in [-0.25, -0.2) is 4.79 Å². The molecule has 0 saturated carbocycles. The molecule has 1 aromatic rings. The molecule has 10 heteroatoms. The van der Waals surface area contributed by atoms with E-state index in [2.05, 4.69) is 5.32 Å². The van der Waals surface area contributed by atoms with E-state index < -0.39 is 53.7 Å². The Morgan fingerprint density at radius 2 is 1.97 bits per heavy atom. The van der Waals surface area contributed by atoms with Crippen LogP contribution in [0.15, 0.2) is 24.3 Å².